The highest BCUT2D eigenvalue weighted by atomic mass is 16.5. The molecule has 0 bridgehead atoms. The van der Waals surface area contributed by atoms with Crippen LogP contribution in [0, 0.1) is 12.3 Å². The Labute approximate surface area is 188 Å². The van der Waals surface area contributed by atoms with E-state index in [0.717, 1.165) is 11.1 Å². The minimum atomic E-state index is -0.765. The lowest BCUT2D eigenvalue weighted by molar-refractivity contribution is -0.118. The molecule has 33 heavy (non-hydrogen) atoms. The van der Waals surface area contributed by atoms with Gasteiger partial charge in [0.05, 0.1) is 30.7 Å². The zero-order valence-corrected chi connectivity index (χ0v) is 18.0. The van der Waals surface area contributed by atoms with Crippen LogP contribution in [0.25, 0.3) is 22.3 Å². The van der Waals surface area contributed by atoms with Gasteiger partial charge in [-0.15, -0.1) is 6.42 Å². The number of fused-ring (bicyclic) bond motifs is 2. The molecule has 8 nitrogen and oxygen atoms in total. The second kappa shape index (κ2) is 7.57. The van der Waals surface area contributed by atoms with Crippen molar-refractivity contribution in [3.05, 3.63) is 80.5 Å². The molecule has 4 aromatic rings. The van der Waals surface area contributed by atoms with Gasteiger partial charge in [0.2, 0.25) is 5.91 Å². The van der Waals surface area contributed by atoms with E-state index in [1.54, 1.807) is 31.2 Å². The molecule has 1 aliphatic rings. The molecule has 0 radical (unpaired) electrons. The number of benzene rings is 2. The fourth-order valence-corrected chi connectivity index (χ4v) is 4.52. The van der Waals surface area contributed by atoms with Crippen LogP contribution < -0.4 is 20.9 Å². The number of aromatic amines is 2. The summed E-state index contributed by atoms with van der Waals surface area (Å²) in [6.45, 7) is 0.113. The Bertz CT molecular complexity index is 1570. The van der Waals surface area contributed by atoms with Gasteiger partial charge < -0.3 is 9.72 Å². The third-order valence-electron chi connectivity index (χ3n) is 6.07. The molecule has 1 amide bonds. The third-order valence-corrected chi connectivity index (χ3v) is 6.07. The number of nitrogens with zero attached hydrogens (tertiary/aromatic N) is 2. The molecule has 164 valence electrons. The Kier molecular flexibility index (Phi) is 4.68. The van der Waals surface area contributed by atoms with Gasteiger partial charge in [0.15, 0.2) is 0 Å². The van der Waals surface area contributed by atoms with Crippen molar-refractivity contribution in [3.63, 3.8) is 0 Å². The molecular formula is C25H20N4O4. The van der Waals surface area contributed by atoms with Crippen LogP contribution in [0.15, 0.2) is 58.1 Å². The fourth-order valence-electron chi connectivity index (χ4n) is 4.52. The Morgan fingerprint density at radius 1 is 1.06 bits per heavy atom. The summed E-state index contributed by atoms with van der Waals surface area (Å²) in [5.74, 6) is 2.22. The summed E-state index contributed by atoms with van der Waals surface area (Å²) in [4.78, 5) is 46.1. The predicted octanol–water partition coefficient (Wildman–Crippen LogP) is 2.34. The molecule has 3 heterocycles. The Balaban J connectivity index is 1.87. The van der Waals surface area contributed by atoms with Gasteiger partial charge in [0.25, 0.3) is 5.56 Å². The highest BCUT2D eigenvalue weighted by molar-refractivity contribution is 6.10. The minimum absolute atomic E-state index is 0.113. The summed E-state index contributed by atoms with van der Waals surface area (Å²) in [5.41, 5.74) is 2.52. The van der Waals surface area contributed by atoms with E-state index < -0.39 is 17.2 Å². The Morgan fingerprint density at radius 3 is 2.48 bits per heavy atom. The number of rotatable bonds is 4. The van der Waals surface area contributed by atoms with Crippen LogP contribution in [-0.4, -0.2) is 34.1 Å². The zero-order valence-electron chi connectivity index (χ0n) is 18.0. The molecular weight excluding hydrogens is 420 g/mol. The Morgan fingerprint density at radius 2 is 1.79 bits per heavy atom. The van der Waals surface area contributed by atoms with E-state index in [1.165, 1.54) is 4.57 Å². The van der Waals surface area contributed by atoms with Crippen LogP contribution in [0.1, 0.15) is 17.0 Å². The van der Waals surface area contributed by atoms with Crippen molar-refractivity contribution in [3.8, 4) is 29.4 Å². The van der Waals surface area contributed by atoms with Gasteiger partial charge in [-0.2, -0.15) is 0 Å². The smallest absolute Gasteiger partial charge is 0.329 e. The first-order chi connectivity index (χ1) is 16.0. The van der Waals surface area contributed by atoms with Gasteiger partial charge in [-0.25, -0.2) is 4.79 Å². The lowest BCUT2D eigenvalue weighted by Gasteiger charge is -2.15. The topological polar surface area (TPSA) is 100 Å². The number of anilines is 1. The molecule has 2 N–H and O–H groups in total. The van der Waals surface area contributed by atoms with Crippen LogP contribution in [0.2, 0.25) is 0 Å². The van der Waals surface area contributed by atoms with E-state index in [2.05, 4.69) is 15.9 Å². The van der Waals surface area contributed by atoms with Gasteiger partial charge in [-0.1, -0.05) is 24.1 Å². The summed E-state index contributed by atoms with van der Waals surface area (Å²) in [5, 5.41) is 0.263. The average molecular weight is 440 g/mol. The number of nitrogens with one attached hydrogen (secondary N) is 2. The lowest BCUT2D eigenvalue weighted by Crippen LogP contribution is -2.31. The number of methoxy groups -OCH3 is 1. The number of aromatic nitrogens is 3. The van der Waals surface area contributed by atoms with Crippen molar-refractivity contribution in [2.75, 3.05) is 18.6 Å². The number of carbonyl (C=O) groups excluding carboxylic acids is 1. The summed E-state index contributed by atoms with van der Waals surface area (Å²) < 4.78 is 6.59. The van der Waals surface area contributed by atoms with E-state index in [0.29, 0.717) is 28.3 Å². The maximum absolute atomic E-state index is 13.7. The first-order valence-corrected chi connectivity index (χ1v) is 10.3. The highest BCUT2D eigenvalue weighted by Crippen LogP contribution is 2.45. The van der Waals surface area contributed by atoms with Crippen molar-refractivity contribution >= 4 is 22.6 Å². The summed E-state index contributed by atoms with van der Waals surface area (Å²) in [6.07, 6.45) is 5.54. The van der Waals surface area contributed by atoms with Gasteiger partial charge in [0, 0.05) is 18.3 Å². The van der Waals surface area contributed by atoms with Crippen LogP contribution >= 0.6 is 0 Å². The Hall–Kier alpha value is -4.51. The quantitative estimate of drug-likeness (QED) is 0.476. The highest BCUT2D eigenvalue weighted by Gasteiger charge is 2.41. The standard InChI is InChI=1S/C25H20N4O4/c1-4-13-29-17-8-6-5-7-16(17)18(24(29)31)19-20-22(28(2)25(32)27-23(20)30)26-21(19)14-9-11-15(33-3)12-10-14/h1,5-12,18,26H,13H2,2-3H3,(H,27,30,32)/t18-/m0/s1. The maximum Gasteiger partial charge on any atom is 0.329 e. The second-order valence-corrected chi connectivity index (χ2v) is 7.80. The van der Waals surface area contributed by atoms with Crippen molar-refractivity contribution in [1.82, 2.24) is 14.5 Å². The van der Waals surface area contributed by atoms with Crippen molar-refractivity contribution in [1.29, 1.82) is 0 Å². The molecule has 0 spiro atoms. The number of hydrogen-bond acceptors (Lipinski definition) is 4. The molecule has 0 aliphatic carbocycles. The molecule has 0 fully saturated rings. The number of H-pyrrole nitrogens is 2. The van der Waals surface area contributed by atoms with Crippen molar-refractivity contribution < 1.29 is 9.53 Å². The van der Waals surface area contributed by atoms with Gasteiger partial charge in [-0.05, 0) is 41.5 Å². The number of aryl methyl sites for hydroxylation is 1. The summed E-state index contributed by atoms with van der Waals surface area (Å²) in [7, 11) is 3.14. The van der Waals surface area contributed by atoms with Crippen LogP contribution in [0.3, 0.4) is 0 Å². The molecule has 8 heteroatoms. The number of ether oxygens (including phenoxy) is 1. The zero-order chi connectivity index (χ0) is 23.3. The number of terminal acetylenes is 1. The first kappa shape index (κ1) is 20.4. The maximum atomic E-state index is 13.7. The van der Waals surface area contributed by atoms with Crippen LogP contribution in [0.5, 0.6) is 5.75 Å². The van der Waals surface area contributed by atoms with Gasteiger partial charge >= 0.3 is 5.69 Å². The van der Waals surface area contributed by atoms with Crippen LogP contribution in [0.4, 0.5) is 5.69 Å². The van der Waals surface area contributed by atoms with Crippen molar-refractivity contribution in [2.24, 2.45) is 7.05 Å². The number of amides is 1. The number of carbonyl (C=O) groups is 1. The molecule has 5 rings (SSSR count). The molecule has 1 aliphatic heterocycles. The third kappa shape index (κ3) is 2.97. The summed E-state index contributed by atoms with van der Waals surface area (Å²) in [6, 6.07) is 14.7. The molecule has 2 aromatic heterocycles. The predicted molar refractivity (Wildman–Crippen MR) is 126 cm³/mol. The van der Waals surface area contributed by atoms with Gasteiger partial charge in [0.1, 0.15) is 11.4 Å². The normalized spacial score (nSPS) is 15.0. The molecule has 1 atom stereocenters. The van der Waals surface area contributed by atoms with E-state index in [1.807, 2.05) is 36.4 Å². The monoisotopic (exact) mass is 440 g/mol. The number of hydrogen-bond donors (Lipinski definition) is 2. The van der Waals surface area contributed by atoms with E-state index in [-0.39, 0.29) is 17.8 Å². The number of para-hydroxylation sites is 1. The first-order valence-electron chi connectivity index (χ1n) is 10.3. The largest absolute Gasteiger partial charge is 0.497 e. The second-order valence-electron chi connectivity index (χ2n) is 7.80. The molecule has 2 aromatic carbocycles. The molecule has 0 unspecified atom stereocenters. The van der Waals surface area contributed by atoms with Crippen LogP contribution in [-0.2, 0) is 11.8 Å². The SMILES string of the molecule is C#CCN1C(=O)[C@H](c2c(-c3ccc(OC)cc3)[nH]c3c2c(=O)[nH]c(=O)n3C)c2ccccc21. The van der Waals surface area contributed by atoms with E-state index in [9.17, 15) is 14.4 Å². The summed E-state index contributed by atoms with van der Waals surface area (Å²) >= 11 is 0. The van der Waals surface area contributed by atoms with E-state index in [4.69, 9.17) is 11.2 Å². The fraction of sp³-hybridized carbons (Fsp3) is 0.160. The molecule has 0 saturated carbocycles. The minimum Gasteiger partial charge on any atom is -0.497 e. The van der Waals surface area contributed by atoms with Crippen molar-refractivity contribution in [2.45, 2.75) is 5.92 Å². The lowest BCUT2D eigenvalue weighted by atomic mass is 9.89. The molecule has 0 saturated heterocycles. The van der Waals surface area contributed by atoms with E-state index >= 15 is 0 Å². The van der Waals surface area contributed by atoms with Gasteiger partial charge in [-0.3, -0.25) is 24.0 Å². The average Bonchev–Trinajstić information content (AvgIpc) is 3.34.